The zero-order valence-electron chi connectivity index (χ0n) is 34.1. The predicted octanol–water partition coefficient (Wildman–Crippen LogP) is 14.8. The van der Waals surface area contributed by atoms with E-state index in [4.69, 9.17) is 21.5 Å². The van der Waals surface area contributed by atoms with Crippen LogP contribution in [0.5, 0.6) is 0 Å². The van der Waals surface area contributed by atoms with Crippen LogP contribution in [-0.4, -0.2) is 15.0 Å². The quantitative estimate of drug-likeness (QED) is 0.158. The topological polar surface area (TPSA) is 38.7 Å². The summed E-state index contributed by atoms with van der Waals surface area (Å²) in [6.07, 6.45) is 3.46. The Morgan fingerprint density at radius 3 is 1.83 bits per heavy atom. The third kappa shape index (κ3) is 5.83. The molecule has 1 spiro atoms. The molecule has 60 heavy (non-hydrogen) atoms. The fourth-order valence-corrected chi connectivity index (χ4v) is 10.5. The second-order valence-electron chi connectivity index (χ2n) is 16.9. The molecule has 3 nitrogen and oxygen atoms in total. The molecule has 288 valence electrons. The number of hydrogen-bond acceptors (Lipinski definition) is 3. The van der Waals surface area contributed by atoms with E-state index in [2.05, 4.69) is 184 Å². The lowest BCUT2D eigenvalue weighted by Gasteiger charge is -2.47. The number of rotatable bonds is 6. The van der Waals surface area contributed by atoms with E-state index in [1.807, 2.05) is 6.07 Å². The first-order chi connectivity index (χ1) is 29.5. The van der Waals surface area contributed by atoms with Crippen molar-refractivity contribution in [1.82, 2.24) is 15.0 Å². The number of aromatic nitrogens is 3. The van der Waals surface area contributed by atoms with Crippen LogP contribution in [0.1, 0.15) is 44.2 Å². The standard InChI is InChI=1S/C57H45N3/c1-4-38-31-36(2)57(37(3)32-38)52-30-28-46(35-51(52)50-29-27-42-16-10-11-20-49(42)53(50)57)45-18-12-19-47(34-45)55-58-54(43-24-21-41(22-25-43)39-13-6-5-7-14-39)59-56(60-55)48-26-23-40-15-8-9-17-44(40)33-48/h5-30,33-35,37-38H,2,4,31-32H2,1,3H3. The Morgan fingerprint density at radius 1 is 0.500 bits per heavy atom. The molecular weight excluding hydrogens is 727 g/mol. The van der Waals surface area contributed by atoms with E-state index >= 15 is 0 Å². The van der Waals surface area contributed by atoms with Crippen LogP contribution < -0.4 is 0 Å². The first kappa shape index (κ1) is 36.1. The summed E-state index contributed by atoms with van der Waals surface area (Å²) in [7, 11) is 0. The minimum atomic E-state index is -0.211. The summed E-state index contributed by atoms with van der Waals surface area (Å²) >= 11 is 0. The molecule has 1 fully saturated rings. The van der Waals surface area contributed by atoms with Gasteiger partial charge >= 0.3 is 0 Å². The van der Waals surface area contributed by atoms with Crippen LogP contribution in [0.3, 0.4) is 0 Å². The Labute approximate surface area is 352 Å². The number of hydrogen-bond donors (Lipinski definition) is 0. The second-order valence-corrected chi connectivity index (χ2v) is 16.9. The molecule has 3 heteroatoms. The molecule has 3 atom stereocenters. The molecule has 2 aliphatic carbocycles. The molecule has 0 amide bonds. The summed E-state index contributed by atoms with van der Waals surface area (Å²) in [6.45, 7) is 9.70. The van der Waals surface area contributed by atoms with Crippen LogP contribution in [0.15, 0.2) is 188 Å². The van der Waals surface area contributed by atoms with Crippen molar-refractivity contribution in [3.05, 3.63) is 199 Å². The van der Waals surface area contributed by atoms with Gasteiger partial charge in [0.25, 0.3) is 0 Å². The largest absolute Gasteiger partial charge is 0.208 e. The zero-order chi connectivity index (χ0) is 40.4. The highest BCUT2D eigenvalue weighted by atomic mass is 15.0. The third-order valence-electron chi connectivity index (χ3n) is 13.5. The predicted molar refractivity (Wildman–Crippen MR) is 250 cm³/mol. The summed E-state index contributed by atoms with van der Waals surface area (Å²) in [5.74, 6) is 3.05. The molecule has 0 N–H and O–H groups in total. The maximum atomic E-state index is 5.18. The van der Waals surface area contributed by atoms with Gasteiger partial charge in [0.2, 0.25) is 0 Å². The fraction of sp³-hybridized carbons (Fsp3) is 0.140. The molecule has 1 saturated carbocycles. The second kappa shape index (κ2) is 14.4. The van der Waals surface area contributed by atoms with Crippen LogP contribution in [-0.2, 0) is 5.41 Å². The molecule has 0 aliphatic heterocycles. The smallest absolute Gasteiger partial charge is 0.164 e. The van der Waals surface area contributed by atoms with E-state index in [1.54, 1.807) is 0 Å². The average molecular weight is 772 g/mol. The van der Waals surface area contributed by atoms with E-state index in [9.17, 15) is 0 Å². The molecule has 0 bridgehead atoms. The molecule has 1 aromatic heterocycles. The van der Waals surface area contributed by atoms with Crippen molar-refractivity contribution >= 4 is 21.5 Å². The highest BCUT2D eigenvalue weighted by Crippen LogP contribution is 2.62. The lowest BCUT2D eigenvalue weighted by Crippen LogP contribution is -2.40. The normalized spacial score (nSPS) is 18.2. The third-order valence-corrected chi connectivity index (χ3v) is 13.5. The van der Waals surface area contributed by atoms with Crippen LogP contribution in [0, 0.1) is 11.8 Å². The van der Waals surface area contributed by atoms with Crippen molar-refractivity contribution in [1.29, 1.82) is 0 Å². The van der Waals surface area contributed by atoms with Gasteiger partial charge in [-0.05, 0) is 109 Å². The van der Waals surface area contributed by atoms with Crippen molar-refractivity contribution in [2.45, 2.75) is 38.5 Å². The lowest BCUT2D eigenvalue weighted by atomic mass is 9.56. The van der Waals surface area contributed by atoms with Crippen molar-refractivity contribution in [3.8, 4) is 67.5 Å². The molecule has 3 unspecified atom stereocenters. The lowest BCUT2D eigenvalue weighted by molar-refractivity contribution is 0.249. The van der Waals surface area contributed by atoms with Crippen LogP contribution >= 0.6 is 0 Å². The SMILES string of the molecule is C=C1CC(CC)CC(C)C12c1ccc(-c3cccc(-c4nc(-c5ccc(-c6ccccc6)cc5)nc(-c5ccc6ccccc6c5)n4)c3)cc1-c1ccc3ccccc3c12. The first-order valence-electron chi connectivity index (χ1n) is 21.3. The molecule has 0 saturated heterocycles. The highest BCUT2D eigenvalue weighted by molar-refractivity contribution is 6.00. The summed E-state index contributed by atoms with van der Waals surface area (Å²) in [6, 6.07) is 63.3. The molecule has 8 aromatic carbocycles. The van der Waals surface area contributed by atoms with Gasteiger partial charge in [-0.15, -0.1) is 0 Å². The molecule has 1 heterocycles. The minimum Gasteiger partial charge on any atom is -0.208 e. The summed E-state index contributed by atoms with van der Waals surface area (Å²) in [5.41, 5.74) is 14.1. The van der Waals surface area contributed by atoms with Crippen LogP contribution in [0.2, 0.25) is 0 Å². The van der Waals surface area contributed by atoms with Gasteiger partial charge in [0.1, 0.15) is 0 Å². The Kier molecular flexibility index (Phi) is 8.67. The zero-order valence-corrected chi connectivity index (χ0v) is 34.1. The monoisotopic (exact) mass is 771 g/mol. The summed E-state index contributed by atoms with van der Waals surface area (Å²) in [5, 5.41) is 4.97. The molecule has 11 rings (SSSR count). The number of benzene rings is 8. The number of nitrogens with zero attached hydrogens (tertiary/aromatic N) is 3. The Balaban J connectivity index is 1.03. The fourth-order valence-electron chi connectivity index (χ4n) is 10.5. The Hall–Kier alpha value is -6.97. The average Bonchev–Trinajstić information content (AvgIpc) is 3.62. The van der Waals surface area contributed by atoms with E-state index in [0.29, 0.717) is 29.3 Å². The van der Waals surface area contributed by atoms with E-state index < -0.39 is 0 Å². The van der Waals surface area contributed by atoms with Gasteiger partial charge < -0.3 is 0 Å². The van der Waals surface area contributed by atoms with Crippen molar-refractivity contribution in [3.63, 3.8) is 0 Å². The Morgan fingerprint density at radius 2 is 1.07 bits per heavy atom. The van der Waals surface area contributed by atoms with Crippen molar-refractivity contribution < 1.29 is 0 Å². The van der Waals surface area contributed by atoms with Crippen molar-refractivity contribution in [2.75, 3.05) is 0 Å². The van der Waals surface area contributed by atoms with E-state index in [1.165, 1.54) is 68.0 Å². The van der Waals surface area contributed by atoms with Crippen molar-refractivity contribution in [2.24, 2.45) is 11.8 Å². The highest BCUT2D eigenvalue weighted by Gasteiger charge is 2.52. The minimum absolute atomic E-state index is 0.211. The van der Waals surface area contributed by atoms with E-state index in [0.717, 1.165) is 39.6 Å². The van der Waals surface area contributed by atoms with Crippen LogP contribution in [0.4, 0.5) is 0 Å². The summed E-state index contributed by atoms with van der Waals surface area (Å²) < 4.78 is 0. The molecule has 9 aromatic rings. The van der Waals surface area contributed by atoms with Gasteiger partial charge in [0.05, 0.1) is 0 Å². The maximum Gasteiger partial charge on any atom is 0.164 e. The van der Waals surface area contributed by atoms with Crippen LogP contribution in [0.25, 0.3) is 89.1 Å². The maximum absolute atomic E-state index is 5.18. The van der Waals surface area contributed by atoms with Gasteiger partial charge in [0, 0.05) is 22.1 Å². The number of allylic oxidation sites excluding steroid dienone is 1. The molecule has 0 radical (unpaired) electrons. The van der Waals surface area contributed by atoms with Gasteiger partial charge in [-0.25, -0.2) is 15.0 Å². The van der Waals surface area contributed by atoms with E-state index in [-0.39, 0.29) is 5.41 Å². The molecular formula is C57H45N3. The number of fused-ring (bicyclic) bond motifs is 8. The van der Waals surface area contributed by atoms with Gasteiger partial charge in [0.15, 0.2) is 17.5 Å². The Bertz CT molecular complexity index is 3130. The first-order valence-corrected chi connectivity index (χ1v) is 21.3. The van der Waals surface area contributed by atoms with Gasteiger partial charge in [-0.2, -0.15) is 0 Å². The molecule has 2 aliphatic rings. The van der Waals surface area contributed by atoms with Gasteiger partial charge in [-0.1, -0.05) is 190 Å². The van der Waals surface area contributed by atoms with Gasteiger partial charge in [-0.3, -0.25) is 0 Å². The summed E-state index contributed by atoms with van der Waals surface area (Å²) in [4.78, 5) is 15.5.